The quantitative estimate of drug-likeness (QED) is 0.570. The van der Waals surface area contributed by atoms with E-state index in [0.717, 1.165) is 17.8 Å². The van der Waals surface area contributed by atoms with Gasteiger partial charge in [-0.2, -0.15) is 4.98 Å². The Morgan fingerprint density at radius 3 is 2.73 bits per heavy atom. The van der Waals surface area contributed by atoms with E-state index in [1.165, 1.54) is 12.1 Å². The Kier molecular flexibility index (Phi) is 4.76. The van der Waals surface area contributed by atoms with E-state index < -0.39 is 35.5 Å². The Morgan fingerprint density at radius 1 is 1.36 bits per heavy atom. The molecule has 0 aliphatic carbocycles. The van der Waals surface area contributed by atoms with Gasteiger partial charge in [0.25, 0.3) is 5.56 Å². The number of hydrogen-bond acceptors (Lipinski definition) is 5. The number of carboxylic acid groups (broad SMARTS) is 1. The lowest BCUT2D eigenvalue weighted by molar-refractivity contribution is -0.136. The van der Waals surface area contributed by atoms with Crippen LogP contribution in [0.5, 0.6) is 5.88 Å². The van der Waals surface area contributed by atoms with Gasteiger partial charge in [0.1, 0.15) is 0 Å². The van der Waals surface area contributed by atoms with Crippen molar-refractivity contribution in [3.8, 4) is 5.88 Å². The second-order valence-corrected chi connectivity index (χ2v) is 5.21. The molecule has 2 aromatic rings. The normalized spacial score (nSPS) is 10.6. The first-order valence-electron chi connectivity index (χ1n) is 5.98. The highest BCUT2D eigenvalue weighted by Crippen LogP contribution is 2.23. The number of nitrogens with one attached hydrogen (secondary N) is 1. The number of rotatable bonds is 5. The lowest BCUT2D eigenvalue weighted by atomic mass is 10.2. The number of aliphatic carboxylic acids is 1. The number of hydrogen-bond donors (Lipinski definition) is 3. The number of aromatic amines is 1. The summed E-state index contributed by atoms with van der Waals surface area (Å²) in [7, 11) is 0. The van der Waals surface area contributed by atoms with Crippen LogP contribution in [-0.2, 0) is 17.0 Å². The van der Waals surface area contributed by atoms with Crippen LogP contribution in [0.3, 0.4) is 0 Å². The number of halogens is 2. The molecule has 0 bridgehead atoms. The van der Waals surface area contributed by atoms with Gasteiger partial charge in [0.2, 0.25) is 5.88 Å². The van der Waals surface area contributed by atoms with Crippen LogP contribution in [-0.4, -0.2) is 26.2 Å². The molecule has 0 amide bonds. The highest BCUT2D eigenvalue weighted by molar-refractivity contribution is 7.98. The van der Waals surface area contributed by atoms with E-state index in [-0.39, 0.29) is 22.0 Å². The van der Waals surface area contributed by atoms with Gasteiger partial charge in [-0.1, -0.05) is 23.9 Å². The number of aromatic nitrogens is 2. The highest BCUT2D eigenvalue weighted by Gasteiger charge is 2.15. The molecular formula is C13H10F2N2O4S. The summed E-state index contributed by atoms with van der Waals surface area (Å²) in [5.74, 6) is -3.99. The van der Waals surface area contributed by atoms with Crippen molar-refractivity contribution in [3.05, 3.63) is 51.3 Å². The van der Waals surface area contributed by atoms with E-state index in [0.29, 0.717) is 0 Å². The molecular weight excluding hydrogens is 318 g/mol. The average Bonchev–Trinajstić information content (AvgIpc) is 2.44. The Labute approximate surface area is 126 Å². The van der Waals surface area contributed by atoms with Crippen LogP contribution in [0, 0.1) is 11.6 Å². The van der Waals surface area contributed by atoms with Crippen molar-refractivity contribution >= 4 is 17.7 Å². The van der Waals surface area contributed by atoms with Crippen molar-refractivity contribution in [2.75, 3.05) is 0 Å². The number of thioether (sulfide) groups is 1. The predicted molar refractivity (Wildman–Crippen MR) is 73.8 cm³/mol. The monoisotopic (exact) mass is 328 g/mol. The maximum absolute atomic E-state index is 13.5. The number of H-pyrrole nitrogens is 1. The highest BCUT2D eigenvalue weighted by atomic mass is 32.2. The summed E-state index contributed by atoms with van der Waals surface area (Å²) in [5, 5.41) is 18.2. The molecule has 3 N–H and O–H groups in total. The van der Waals surface area contributed by atoms with Gasteiger partial charge >= 0.3 is 5.97 Å². The number of benzene rings is 1. The zero-order valence-corrected chi connectivity index (χ0v) is 11.8. The van der Waals surface area contributed by atoms with Crippen LogP contribution < -0.4 is 5.56 Å². The largest absolute Gasteiger partial charge is 0.493 e. The van der Waals surface area contributed by atoms with Gasteiger partial charge in [0.05, 0.1) is 12.0 Å². The van der Waals surface area contributed by atoms with E-state index in [1.807, 2.05) is 0 Å². The second kappa shape index (κ2) is 6.56. The zero-order valence-electron chi connectivity index (χ0n) is 11.0. The van der Waals surface area contributed by atoms with Gasteiger partial charge in [0, 0.05) is 11.3 Å². The molecule has 116 valence electrons. The van der Waals surface area contributed by atoms with Gasteiger partial charge in [-0.3, -0.25) is 9.59 Å². The van der Waals surface area contributed by atoms with Crippen molar-refractivity contribution < 1.29 is 23.8 Å². The van der Waals surface area contributed by atoms with Crippen LogP contribution >= 0.6 is 11.8 Å². The van der Waals surface area contributed by atoms with Crippen LogP contribution in [0.1, 0.15) is 11.1 Å². The van der Waals surface area contributed by atoms with E-state index >= 15 is 0 Å². The van der Waals surface area contributed by atoms with Gasteiger partial charge in [-0.05, 0) is 6.07 Å². The summed E-state index contributed by atoms with van der Waals surface area (Å²) in [6.07, 6.45) is -0.669. The smallest absolute Gasteiger partial charge is 0.308 e. The first kappa shape index (κ1) is 16.0. The molecule has 9 heteroatoms. The third-order valence-corrected chi connectivity index (χ3v) is 3.62. The predicted octanol–water partition coefficient (Wildman–Crippen LogP) is 1.67. The molecule has 0 unspecified atom stereocenters. The minimum absolute atomic E-state index is 0.0236. The average molecular weight is 328 g/mol. The van der Waals surface area contributed by atoms with Crippen LogP contribution in [0.15, 0.2) is 28.2 Å². The molecule has 6 nitrogen and oxygen atoms in total. The molecule has 0 fully saturated rings. The molecule has 2 rings (SSSR count). The summed E-state index contributed by atoms with van der Waals surface area (Å²) >= 11 is 0.872. The summed E-state index contributed by atoms with van der Waals surface area (Å²) < 4.78 is 26.5. The van der Waals surface area contributed by atoms with Gasteiger partial charge < -0.3 is 15.2 Å². The van der Waals surface area contributed by atoms with Crippen molar-refractivity contribution in [1.29, 1.82) is 0 Å². The minimum atomic E-state index is -1.29. The molecule has 1 aromatic carbocycles. The Hall–Kier alpha value is -2.42. The fourth-order valence-electron chi connectivity index (χ4n) is 1.65. The number of carbonyl (C=O) groups is 1. The molecule has 0 aliphatic heterocycles. The third kappa shape index (κ3) is 3.61. The molecule has 22 heavy (non-hydrogen) atoms. The molecule has 0 radical (unpaired) electrons. The topological polar surface area (TPSA) is 103 Å². The van der Waals surface area contributed by atoms with Gasteiger partial charge in [-0.15, -0.1) is 0 Å². The van der Waals surface area contributed by atoms with E-state index in [9.17, 15) is 23.5 Å². The van der Waals surface area contributed by atoms with E-state index in [2.05, 4.69) is 9.97 Å². The van der Waals surface area contributed by atoms with E-state index in [1.54, 1.807) is 0 Å². The first-order chi connectivity index (χ1) is 10.4. The third-order valence-electron chi connectivity index (χ3n) is 2.70. The fourth-order valence-corrected chi connectivity index (χ4v) is 2.48. The van der Waals surface area contributed by atoms with Crippen LogP contribution in [0.2, 0.25) is 0 Å². The van der Waals surface area contributed by atoms with E-state index in [4.69, 9.17) is 5.11 Å². The standard InChI is InChI=1S/C13H10F2N2O4S/c14-8-3-1-2-6(10(8)15)5-22-13-16-11(20)7(4-9(18)19)12(21)17-13/h1-3H,4-5H2,(H,18,19)(H2,16,17,20,21). The summed E-state index contributed by atoms with van der Waals surface area (Å²) in [6.45, 7) is 0. The molecule has 0 saturated carbocycles. The van der Waals surface area contributed by atoms with Crippen molar-refractivity contribution in [2.24, 2.45) is 0 Å². The zero-order chi connectivity index (χ0) is 16.3. The maximum atomic E-state index is 13.5. The van der Waals surface area contributed by atoms with Gasteiger partial charge in [0.15, 0.2) is 16.8 Å². The molecule has 0 spiro atoms. The summed E-state index contributed by atoms with van der Waals surface area (Å²) in [5.41, 5.74) is -1.09. The molecule has 0 aliphatic rings. The minimum Gasteiger partial charge on any atom is -0.493 e. The Bertz CT molecular complexity index is 779. The molecule has 1 heterocycles. The molecule has 1 aromatic heterocycles. The van der Waals surface area contributed by atoms with Crippen LogP contribution in [0.25, 0.3) is 0 Å². The number of aromatic hydroxyl groups is 1. The lowest BCUT2D eigenvalue weighted by Gasteiger charge is -2.05. The SMILES string of the molecule is O=C(O)Cc1c(O)nc(SCc2cccc(F)c2F)[nH]c1=O. The van der Waals surface area contributed by atoms with Gasteiger partial charge in [-0.25, -0.2) is 8.78 Å². The second-order valence-electron chi connectivity index (χ2n) is 4.25. The Balaban J connectivity index is 2.19. The number of carboxylic acids is 1. The number of nitrogens with zero attached hydrogens (tertiary/aromatic N) is 1. The first-order valence-corrected chi connectivity index (χ1v) is 6.96. The molecule has 0 saturated heterocycles. The van der Waals surface area contributed by atoms with Crippen molar-refractivity contribution in [3.63, 3.8) is 0 Å². The van der Waals surface area contributed by atoms with Crippen molar-refractivity contribution in [2.45, 2.75) is 17.3 Å². The Morgan fingerprint density at radius 2 is 2.09 bits per heavy atom. The van der Waals surface area contributed by atoms with Crippen molar-refractivity contribution in [1.82, 2.24) is 9.97 Å². The molecule has 0 atom stereocenters. The summed E-state index contributed by atoms with van der Waals surface area (Å²) in [4.78, 5) is 28.1. The lowest BCUT2D eigenvalue weighted by Crippen LogP contribution is -2.18. The summed E-state index contributed by atoms with van der Waals surface area (Å²) in [6, 6.07) is 3.70. The fraction of sp³-hybridized carbons (Fsp3) is 0.154. The van der Waals surface area contributed by atoms with Crippen LogP contribution in [0.4, 0.5) is 8.78 Å². The maximum Gasteiger partial charge on any atom is 0.308 e.